The highest BCUT2D eigenvalue weighted by molar-refractivity contribution is 5.27. The topological polar surface area (TPSA) is 55.9 Å². The van der Waals surface area contributed by atoms with Gasteiger partial charge in [0.1, 0.15) is 0 Å². The van der Waals surface area contributed by atoms with Gasteiger partial charge in [0, 0.05) is 18.8 Å². The van der Waals surface area contributed by atoms with Crippen molar-refractivity contribution in [3.05, 3.63) is 52.3 Å². The van der Waals surface area contributed by atoms with Crippen molar-refractivity contribution in [1.29, 1.82) is 0 Å². The Balaban J connectivity index is 2.01. The highest BCUT2D eigenvalue weighted by Crippen LogP contribution is 2.17. The molecule has 0 aliphatic heterocycles. The molecule has 21 heavy (non-hydrogen) atoms. The normalized spacial score (nSPS) is 12.6. The smallest absolute Gasteiger partial charge is 0.0628 e. The number of rotatable bonds is 6. The fourth-order valence-electron chi connectivity index (χ4n) is 2.85. The van der Waals surface area contributed by atoms with E-state index in [9.17, 15) is 0 Å². The maximum Gasteiger partial charge on any atom is 0.0628 e. The maximum absolute atomic E-state index is 5.75. The molecule has 4 heteroatoms. The summed E-state index contributed by atoms with van der Waals surface area (Å²) in [6.45, 7) is 6.36. The van der Waals surface area contributed by atoms with Crippen molar-refractivity contribution < 1.29 is 0 Å². The Morgan fingerprint density at radius 1 is 1.24 bits per heavy atom. The van der Waals surface area contributed by atoms with Crippen molar-refractivity contribution in [3.63, 3.8) is 0 Å². The molecule has 0 saturated heterocycles. The van der Waals surface area contributed by atoms with E-state index in [4.69, 9.17) is 5.84 Å². The lowest BCUT2D eigenvalue weighted by molar-refractivity contribution is 0.490. The molecule has 4 nitrogen and oxygen atoms in total. The highest BCUT2D eigenvalue weighted by Gasteiger charge is 2.14. The third-order valence-corrected chi connectivity index (χ3v) is 4.36. The molecule has 2 aromatic rings. The number of benzene rings is 1. The molecule has 1 atom stereocenters. The number of nitrogens with one attached hydrogen (secondary N) is 1. The minimum atomic E-state index is 0.283. The van der Waals surface area contributed by atoms with Crippen molar-refractivity contribution in [3.8, 4) is 0 Å². The van der Waals surface area contributed by atoms with Crippen LogP contribution in [0.4, 0.5) is 0 Å². The summed E-state index contributed by atoms with van der Waals surface area (Å²) in [7, 11) is 2.00. The van der Waals surface area contributed by atoms with Crippen LogP contribution in [0.3, 0.4) is 0 Å². The van der Waals surface area contributed by atoms with Crippen LogP contribution in [0.15, 0.2) is 24.3 Å². The molecule has 1 aromatic heterocycles. The summed E-state index contributed by atoms with van der Waals surface area (Å²) < 4.78 is 1.96. The summed E-state index contributed by atoms with van der Waals surface area (Å²) in [5.41, 5.74) is 9.38. The number of hydrogen-bond donors (Lipinski definition) is 2. The van der Waals surface area contributed by atoms with E-state index in [1.807, 2.05) is 11.7 Å². The molecule has 0 radical (unpaired) electrons. The Kier molecular flexibility index (Phi) is 5.15. The molecule has 1 unspecified atom stereocenters. The summed E-state index contributed by atoms with van der Waals surface area (Å²) in [6.07, 6.45) is 2.98. The molecule has 0 spiro atoms. The largest absolute Gasteiger partial charge is 0.272 e. The van der Waals surface area contributed by atoms with Gasteiger partial charge in [-0.25, -0.2) is 0 Å². The van der Waals surface area contributed by atoms with E-state index >= 15 is 0 Å². The number of aromatic nitrogens is 2. The molecule has 114 valence electrons. The first-order chi connectivity index (χ1) is 10.0. The van der Waals surface area contributed by atoms with Gasteiger partial charge in [-0.15, -0.1) is 0 Å². The predicted molar refractivity (Wildman–Crippen MR) is 87.0 cm³/mol. The zero-order chi connectivity index (χ0) is 15.4. The first-order valence-corrected chi connectivity index (χ1v) is 7.52. The SMILES string of the molecule is Cc1ccccc1CC(CCc1c(C)nn(C)c1C)NN. The van der Waals surface area contributed by atoms with Gasteiger partial charge in [0.05, 0.1) is 5.69 Å². The van der Waals surface area contributed by atoms with Gasteiger partial charge in [0.2, 0.25) is 0 Å². The number of nitrogens with two attached hydrogens (primary N) is 1. The van der Waals surface area contributed by atoms with Crippen LogP contribution < -0.4 is 11.3 Å². The molecule has 0 aliphatic rings. The second-order valence-corrected chi connectivity index (χ2v) is 5.81. The third-order valence-electron chi connectivity index (χ3n) is 4.36. The predicted octanol–water partition coefficient (Wildman–Crippen LogP) is 2.35. The molecule has 2 rings (SSSR count). The second-order valence-electron chi connectivity index (χ2n) is 5.81. The summed E-state index contributed by atoms with van der Waals surface area (Å²) in [5, 5.41) is 4.48. The average Bonchev–Trinajstić information content (AvgIpc) is 2.71. The maximum atomic E-state index is 5.75. The quantitative estimate of drug-likeness (QED) is 0.633. The zero-order valence-corrected chi connectivity index (χ0v) is 13.5. The van der Waals surface area contributed by atoms with Crippen LogP contribution in [0.25, 0.3) is 0 Å². The molecule has 0 fully saturated rings. The molecule has 0 amide bonds. The standard InChI is InChI=1S/C17H26N4/c1-12-7-5-6-8-15(12)11-16(19-18)9-10-17-13(2)20-21(4)14(17)3/h5-8,16,19H,9-11,18H2,1-4H3. The van der Waals surface area contributed by atoms with Crippen LogP contribution in [0.5, 0.6) is 0 Å². The summed E-state index contributed by atoms with van der Waals surface area (Å²) >= 11 is 0. The molecule has 3 N–H and O–H groups in total. The van der Waals surface area contributed by atoms with Gasteiger partial charge in [-0.3, -0.25) is 16.0 Å². The third kappa shape index (κ3) is 3.71. The van der Waals surface area contributed by atoms with Crippen LogP contribution in [0, 0.1) is 20.8 Å². The van der Waals surface area contributed by atoms with E-state index in [0.717, 1.165) is 25.0 Å². The van der Waals surface area contributed by atoms with Crippen molar-refractivity contribution in [2.75, 3.05) is 0 Å². The van der Waals surface area contributed by atoms with Crippen LogP contribution in [0.1, 0.15) is 34.5 Å². The lowest BCUT2D eigenvalue weighted by Crippen LogP contribution is -2.37. The van der Waals surface area contributed by atoms with E-state index in [2.05, 4.69) is 55.6 Å². The van der Waals surface area contributed by atoms with E-state index in [-0.39, 0.29) is 6.04 Å². The summed E-state index contributed by atoms with van der Waals surface area (Å²) in [6, 6.07) is 8.78. The van der Waals surface area contributed by atoms with E-state index in [1.165, 1.54) is 22.4 Å². The first-order valence-electron chi connectivity index (χ1n) is 7.52. The minimum Gasteiger partial charge on any atom is -0.272 e. The van der Waals surface area contributed by atoms with Crippen molar-refractivity contribution in [2.24, 2.45) is 12.9 Å². The number of hydrazine groups is 1. The lowest BCUT2D eigenvalue weighted by atomic mass is 9.96. The Bertz CT molecular complexity index is 601. The molecule has 1 heterocycles. The van der Waals surface area contributed by atoms with Crippen molar-refractivity contribution in [1.82, 2.24) is 15.2 Å². The van der Waals surface area contributed by atoms with Gasteiger partial charge in [-0.1, -0.05) is 24.3 Å². The fourth-order valence-corrected chi connectivity index (χ4v) is 2.85. The van der Waals surface area contributed by atoms with Gasteiger partial charge < -0.3 is 0 Å². The van der Waals surface area contributed by atoms with Gasteiger partial charge in [-0.2, -0.15) is 5.10 Å². The first kappa shape index (κ1) is 15.7. The number of hydrogen-bond acceptors (Lipinski definition) is 3. The average molecular weight is 286 g/mol. The Morgan fingerprint density at radius 3 is 2.52 bits per heavy atom. The molecule has 0 bridgehead atoms. The van der Waals surface area contributed by atoms with Crippen LogP contribution in [0.2, 0.25) is 0 Å². The van der Waals surface area contributed by atoms with E-state index in [1.54, 1.807) is 0 Å². The summed E-state index contributed by atoms with van der Waals surface area (Å²) in [4.78, 5) is 0. The number of aryl methyl sites for hydroxylation is 3. The molecule has 0 aliphatic carbocycles. The molecule has 1 aromatic carbocycles. The van der Waals surface area contributed by atoms with Gasteiger partial charge in [0.15, 0.2) is 0 Å². The molecular weight excluding hydrogens is 260 g/mol. The van der Waals surface area contributed by atoms with E-state index in [0.29, 0.717) is 0 Å². The van der Waals surface area contributed by atoms with E-state index < -0.39 is 0 Å². The van der Waals surface area contributed by atoms with Crippen LogP contribution >= 0.6 is 0 Å². The molecule has 0 saturated carbocycles. The van der Waals surface area contributed by atoms with Gasteiger partial charge in [-0.05, 0) is 56.7 Å². The highest BCUT2D eigenvalue weighted by atomic mass is 15.3. The van der Waals surface area contributed by atoms with Crippen molar-refractivity contribution in [2.45, 2.75) is 46.1 Å². The second kappa shape index (κ2) is 6.87. The Labute approximate surface area is 127 Å². The summed E-state index contributed by atoms with van der Waals surface area (Å²) in [5.74, 6) is 5.75. The van der Waals surface area contributed by atoms with Crippen LogP contribution in [-0.2, 0) is 19.9 Å². The fraction of sp³-hybridized carbons (Fsp3) is 0.471. The molecular formula is C17H26N4. The van der Waals surface area contributed by atoms with Gasteiger partial charge in [0.25, 0.3) is 0 Å². The lowest BCUT2D eigenvalue weighted by Gasteiger charge is -2.17. The zero-order valence-electron chi connectivity index (χ0n) is 13.5. The minimum absolute atomic E-state index is 0.283. The van der Waals surface area contributed by atoms with Crippen LogP contribution in [-0.4, -0.2) is 15.8 Å². The number of nitrogens with zero attached hydrogens (tertiary/aromatic N) is 2. The van der Waals surface area contributed by atoms with Gasteiger partial charge >= 0.3 is 0 Å². The Hall–Kier alpha value is -1.65. The monoisotopic (exact) mass is 286 g/mol. The Morgan fingerprint density at radius 2 is 1.95 bits per heavy atom. The van der Waals surface area contributed by atoms with Crippen molar-refractivity contribution >= 4 is 0 Å².